The van der Waals surface area contributed by atoms with Gasteiger partial charge in [0.2, 0.25) is 0 Å². The Bertz CT molecular complexity index is 757. The van der Waals surface area contributed by atoms with E-state index in [0.29, 0.717) is 12.5 Å². The third-order valence-electron chi connectivity index (χ3n) is 4.25. The molecule has 1 N–H and O–H groups in total. The SMILES string of the molecule is CC1CCCN(C(=O)c2cc(C(=O)O)ccn2)c2ccccc21. The van der Waals surface area contributed by atoms with Gasteiger partial charge in [-0.2, -0.15) is 0 Å². The Morgan fingerprint density at radius 3 is 2.83 bits per heavy atom. The summed E-state index contributed by atoms with van der Waals surface area (Å²) in [5.41, 5.74) is 2.27. The Labute approximate surface area is 134 Å². The van der Waals surface area contributed by atoms with Crippen molar-refractivity contribution in [2.45, 2.75) is 25.7 Å². The minimum absolute atomic E-state index is 0.0693. The zero-order chi connectivity index (χ0) is 16.4. The van der Waals surface area contributed by atoms with Crippen molar-refractivity contribution < 1.29 is 14.7 Å². The number of pyridine rings is 1. The summed E-state index contributed by atoms with van der Waals surface area (Å²) in [5, 5.41) is 9.09. The molecule has 1 aliphatic rings. The molecule has 1 aromatic heterocycles. The van der Waals surface area contributed by atoms with E-state index in [1.165, 1.54) is 18.3 Å². The van der Waals surface area contributed by atoms with Crippen LogP contribution in [-0.4, -0.2) is 28.5 Å². The number of aromatic carboxylic acids is 1. The van der Waals surface area contributed by atoms with E-state index in [2.05, 4.69) is 11.9 Å². The lowest BCUT2D eigenvalue weighted by Crippen LogP contribution is -2.32. The number of amides is 1. The number of rotatable bonds is 2. The topological polar surface area (TPSA) is 70.5 Å². The fraction of sp³-hybridized carbons (Fsp3) is 0.278. The first-order valence-electron chi connectivity index (χ1n) is 7.68. The maximum Gasteiger partial charge on any atom is 0.335 e. The smallest absolute Gasteiger partial charge is 0.335 e. The first-order chi connectivity index (χ1) is 11.1. The Kier molecular flexibility index (Phi) is 4.10. The van der Waals surface area contributed by atoms with Crippen LogP contribution in [0.15, 0.2) is 42.6 Å². The first kappa shape index (κ1) is 15.2. The molecule has 0 bridgehead atoms. The Morgan fingerprint density at radius 2 is 2.04 bits per heavy atom. The minimum Gasteiger partial charge on any atom is -0.478 e. The average molecular weight is 310 g/mol. The number of para-hydroxylation sites is 1. The number of fused-ring (bicyclic) bond motifs is 1. The van der Waals surface area contributed by atoms with Crippen molar-refractivity contribution in [1.29, 1.82) is 0 Å². The van der Waals surface area contributed by atoms with Gasteiger partial charge in [0.1, 0.15) is 5.69 Å². The molecule has 0 radical (unpaired) electrons. The lowest BCUT2D eigenvalue weighted by atomic mass is 9.96. The van der Waals surface area contributed by atoms with Gasteiger partial charge in [0.25, 0.3) is 5.91 Å². The highest BCUT2D eigenvalue weighted by Gasteiger charge is 2.26. The van der Waals surface area contributed by atoms with E-state index in [-0.39, 0.29) is 17.2 Å². The van der Waals surface area contributed by atoms with E-state index < -0.39 is 5.97 Å². The summed E-state index contributed by atoms with van der Waals surface area (Å²) in [4.78, 5) is 29.7. The summed E-state index contributed by atoms with van der Waals surface area (Å²) >= 11 is 0. The molecule has 1 aliphatic heterocycles. The third kappa shape index (κ3) is 2.95. The lowest BCUT2D eigenvalue weighted by Gasteiger charge is -2.23. The Balaban J connectivity index is 2.00. The number of carboxylic acid groups (broad SMARTS) is 1. The van der Waals surface area contributed by atoms with Crippen molar-refractivity contribution in [3.05, 3.63) is 59.4 Å². The largest absolute Gasteiger partial charge is 0.478 e. The normalized spacial score (nSPS) is 17.3. The van der Waals surface area contributed by atoms with Crippen LogP contribution in [0.2, 0.25) is 0 Å². The molecule has 23 heavy (non-hydrogen) atoms. The van der Waals surface area contributed by atoms with Gasteiger partial charge in [-0.15, -0.1) is 0 Å². The minimum atomic E-state index is -1.06. The lowest BCUT2D eigenvalue weighted by molar-refractivity contribution is 0.0696. The predicted octanol–water partition coefficient (Wildman–Crippen LogP) is 3.32. The molecule has 2 heterocycles. The van der Waals surface area contributed by atoms with Gasteiger partial charge in [-0.25, -0.2) is 4.79 Å². The molecule has 0 fully saturated rings. The van der Waals surface area contributed by atoms with Crippen LogP contribution in [0.3, 0.4) is 0 Å². The number of benzene rings is 1. The molecule has 1 amide bonds. The quantitative estimate of drug-likeness (QED) is 0.923. The molecule has 0 saturated carbocycles. The molecular weight excluding hydrogens is 292 g/mol. The number of aromatic nitrogens is 1. The summed E-state index contributed by atoms with van der Waals surface area (Å²) in [7, 11) is 0. The molecule has 1 unspecified atom stereocenters. The summed E-state index contributed by atoms with van der Waals surface area (Å²) < 4.78 is 0. The molecule has 3 rings (SSSR count). The fourth-order valence-electron chi connectivity index (χ4n) is 3.01. The monoisotopic (exact) mass is 310 g/mol. The van der Waals surface area contributed by atoms with Gasteiger partial charge in [-0.3, -0.25) is 9.78 Å². The van der Waals surface area contributed by atoms with Crippen molar-refractivity contribution in [2.24, 2.45) is 0 Å². The van der Waals surface area contributed by atoms with Gasteiger partial charge in [0.05, 0.1) is 5.56 Å². The third-order valence-corrected chi connectivity index (χ3v) is 4.25. The number of carboxylic acids is 1. The first-order valence-corrected chi connectivity index (χ1v) is 7.68. The van der Waals surface area contributed by atoms with Crippen molar-refractivity contribution in [3.63, 3.8) is 0 Å². The standard InChI is InChI=1S/C18H18N2O3/c1-12-5-4-10-20(16-7-3-2-6-14(12)16)17(21)15-11-13(18(22)23)8-9-19-15/h2-3,6-9,11-12H,4-5,10H2,1H3,(H,22,23). The van der Waals surface area contributed by atoms with Crippen LogP contribution in [0.4, 0.5) is 5.69 Å². The number of anilines is 1. The van der Waals surface area contributed by atoms with E-state index >= 15 is 0 Å². The van der Waals surface area contributed by atoms with Crippen molar-refractivity contribution in [2.75, 3.05) is 11.4 Å². The Hall–Kier alpha value is -2.69. The van der Waals surface area contributed by atoms with Gasteiger partial charge in [-0.1, -0.05) is 25.1 Å². The van der Waals surface area contributed by atoms with Crippen molar-refractivity contribution in [1.82, 2.24) is 4.98 Å². The van der Waals surface area contributed by atoms with E-state index in [1.807, 2.05) is 24.3 Å². The van der Waals surface area contributed by atoms with Gasteiger partial charge in [0, 0.05) is 18.4 Å². The van der Waals surface area contributed by atoms with Crippen molar-refractivity contribution in [3.8, 4) is 0 Å². The molecule has 5 heteroatoms. The number of hydrogen-bond acceptors (Lipinski definition) is 3. The molecule has 118 valence electrons. The summed E-state index contributed by atoms with van der Waals surface area (Å²) in [6.45, 7) is 2.77. The van der Waals surface area contributed by atoms with Gasteiger partial charge in [0.15, 0.2) is 0 Å². The van der Waals surface area contributed by atoms with Crippen LogP contribution in [0, 0.1) is 0 Å². The zero-order valence-corrected chi connectivity index (χ0v) is 12.9. The molecule has 1 atom stereocenters. The van der Waals surface area contributed by atoms with Gasteiger partial charge >= 0.3 is 5.97 Å². The number of nitrogens with zero attached hydrogens (tertiary/aromatic N) is 2. The maximum atomic E-state index is 12.9. The number of carbonyl (C=O) groups is 2. The van der Waals surface area contributed by atoms with E-state index in [9.17, 15) is 9.59 Å². The summed E-state index contributed by atoms with van der Waals surface area (Å²) in [5.74, 6) is -0.927. The van der Waals surface area contributed by atoms with Crippen LogP contribution in [0.5, 0.6) is 0 Å². The predicted molar refractivity (Wildman–Crippen MR) is 87.0 cm³/mol. The highest BCUT2D eigenvalue weighted by atomic mass is 16.4. The highest BCUT2D eigenvalue weighted by molar-refractivity contribution is 6.06. The van der Waals surface area contributed by atoms with E-state index in [4.69, 9.17) is 5.11 Å². The van der Waals surface area contributed by atoms with Gasteiger partial charge in [-0.05, 0) is 42.5 Å². The van der Waals surface area contributed by atoms with Crippen LogP contribution >= 0.6 is 0 Å². The highest BCUT2D eigenvalue weighted by Crippen LogP contribution is 2.34. The summed E-state index contributed by atoms with van der Waals surface area (Å²) in [6.07, 6.45) is 3.28. The second kappa shape index (κ2) is 6.20. The van der Waals surface area contributed by atoms with Crippen LogP contribution in [0.1, 0.15) is 52.1 Å². The maximum absolute atomic E-state index is 12.9. The molecule has 0 spiro atoms. The second-order valence-electron chi connectivity index (χ2n) is 5.79. The second-order valence-corrected chi connectivity index (χ2v) is 5.79. The molecule has 1 aromatic carbocycles. The molecule has 2 aromatic rings. The molecule has 0 saturated heterocycles. The van der Waals surface area contributed by atoms with E-state index in [1.54, 1.807) is 4.90 Å². The molecule has 0 aliphatic carbocycles. The molecular formula is C18H18N2O3. The van der Waals surface area contributed by atoms with Crippen LogP contribution in [-0.2, 0) is 0 Å². The fourth-order valence-corrected chi connectivity index (χ4v) is 3.01. The van der Waals surface area contributed by atoms with Gasteiger partial charge < -0.3 is 10.0 Å². The Morgan fingerprint density at radius 1 is 1.26 bits per heavy atom. The van der Waals surface area contributed by atoms with Crippen LogP contribution < -0.4 is 4.90 Å². The van der Waals surface area contributed by atoms with Crippen molar-refractivity contribution >= 4 is 17.6 Å². The summed E-state index contributed by atoms with van der Waals surface area (Å²) in [6, 6.07) is 10.6. The zero-order valence-electron chi connectivity index (χ0n) is 12.9. The number of carbonyl (C=O) groups excluding carboxylic acids is 1. The van der Waals surface area contributed by atoms with E-state index in [0.717, 1.165) is 24.1 Å². The molecule has 5 nitrogen and oxygen atoms in total. The number of hydrogen-bond donors (Lipinski definition) is 1. The van der Waals surface area contributed by atoms with Crippen LogP contribution in [0.25, 0.3) is 0 Å². The average Bonchev–Trinajstić information content (AvgIpc) is 2.74.